The van der Waals surface area contributed by atoms with Crippen molar-refractivity contribution in [3.63, 3.8) is 0 Å². The molecule has 1 N–H and O–H groups in total. The third-order valence-corrected chi connectivity index (χ3v) is 4.34. The average Bonchev–Trinajstić information content (AvgIpc) is 3.10. The van der Waals surface area contributed by atoms with E-state index in [-0.39, 0.29) is 5.91 Å². The Bertz CT molecular complexity index is 959. The lowest BCUT2D eigenvalue weighted by Crippen LogP contribution is -2.11. The van der Waals surface area contributed by atoms with E-state index < -0.39 is 0 Å². The second-order valence-electron chi connectivity index (χ2n) is 4.95. The van der Waals surface area contributed by atoms with Gasteiger partial charge < -0.3 is 0 Å². The molecule has 122 valence electrons. The first-order valence-corrected chi connectivity index (χ1v) is 8.43. The van der Waals surface area contributed by atoms with Crippen molar-refractivity contribution in [2.45, 2.75) is 0 Å². The average molecular weight is 367 g/mol. The Morgan fingerprint density at radius 1 is 1.12 bits per heavy atom. The van der Waals surface area contributed by atoms with Gasteiger partial charge in [0.25, 0.3) is 5.91 Å². The van der Waals surface area contributed by atoms with Crippen molar-refractivity contribution in [2.75, 3.05) is 5.32 Å². The molecule has 3 rings (SSSR count). The number of nitrogens with one attached hydrogen (secondary N) is 1. The lowest BCUT2D eigenvalue weighted by atomic mass is 10.1. The second kappa shape index (κ2) is 7.71. The van der Waals surface area contributed by atoms with E-state index in [0.717, 1.165) is 16.9 Å². The summed E-state index contributed by atoms with van der Waals surface area (Å²) in [6.45, 7) is 0. The Labute approximate surface area is 153 Å². The highest BCUT2D eigenvalue weighted by Crippen LogP contribution is 2.25. The van der Waals surface area contributed by atoms with E-state index in [1.807, 2.05) is 6.07 Å². The quantitative estimate of drug-likeness (QED) is 0.689. The smallest absolute Gasteiger partial charge is 0.257 e. The molecule has 1 aromatic heterocycles. The standard InChI is InChI=1S/C18H11ClN4OS/c19-15-8-6-12(7-9-15)10-14(11-20)17-22-23-18(25-17)21-16(24)13-4-2-1-3-5-13/h1-10H,(H,21,23,24)/b14-10-. The minimum absolute atomic E-state index is 0.275. The van der Waals surface area contributed by atoms with Gasteiger partial charge in [-0.3, -0.25) is 10.1 Å². The van der Waals surface area contributed by atoms with Gasteiger partial charge in [0.05, 0.1) is 5.57 Å². The lowest BCUT2D eigenvalue weighted by Gasteiger charge is -1.99. The number of nitrogens with zero attached hydrogens (tertiary/aromatic N) is 3. The maximum Gasteiger partial charge on any atom is 0.257 e. The summed E-state index contributed by atoms with van der Waals surface area (Å²) < 4.78 is 0. The van der Waals surface area contributed by atoms with Crippen molar-refractivity contribution in [3.05, 3.63) is 75.8 Å². The summed E-state index contributed by atoms with van der Waals surface area (Å²) in [5.74, 6) is -0.275. The van der Waals surface area contributed by atoms with Crippen molar-refractivity contribution < 1.29 is 4.79 Å². The highest BCUT2D eigenvalue weighted by atomic mass is 35.5. The van der Waals surface area contributed by atoms with E-state index >= 15 is 0 Å². The Kier molecular flexibility index (Phi) is 5.19. The van der Waals surface area contributed by atoms with Crippen molar-refractivity contribution >= 4 is 45.6 Å². The number of hydrogen-bond donors (Lipinski definition) is 1. The summed E-state index contributed by atoms with van der Waals surface area (Å²) in [6.07, 6.45) is 1.69. The van der Waals surface area contributed by atoms with Crippen LogP contribution in [0.5, 0.6) is 0 Å². The number of amides is 1. The normalized spacial score (nSPS) is 11.0. The molecule has 0 bridgehead atoms. The number of benzene rings is 2. The molecule has 0 spiro atoms. The molecule has 0 aliphatic rings. The number of carbonyl (C=O) groups is 1. The molecule has 25 heavy (non-hydrogen) atoms. The maximum atomic E-state index is 12.1. The Morgan fingerprint density at radius 3 is 2.52 bits per heavy atom. The van der Waals surface area contributed by atoms with Crippen LogP contribution in [0.2, 0.25) is 5.02 Å². The van der Waals surface area contributed by atoms with Crippen molar-refractivity contribution in [1.82, 2.24) is 10.2 Å². The predicted molar refractivity (Wildman–Crippen MR) is 99.2 cm³/mol. The third-order valence-electron chi connectivity index (χ3n) is 3.21. The number of aromatic nitrogens is 2. The molecule has 0 unspecified atom stereocenters. The highest BCUT2D eigenvalue weighted by molar-refractivity contribution is 7.16. The molecule has 1 amide bonds. The first kappa shape index (κ1) is 16.8. The van der Waals surface area contributed by atoms with Gasteiger partial charge in [0, 0.05) is 10.6 Å². The largest absolute Gasteiger partial charge is 0.296 e. The topological polar surface area (TPSA) is 78.7 Å². The second-order valence-corrected chi connectivity index (χ2v) is 6.37. The molecule has 0 atom stereocenters. The van der Waals surface area contributed by atoms with Crippen LogP contribution in [0, 0.1) is 11.3 Å². The number of carbonyl (C=O) groups excluding carboxylic acids is 1. The molecule has 0 radical (unpaired) electrons. The number of rotatable bonds is 4. The van der Waals surface area contributed by atoms with Crippen LogP contribution in [0.4, 0.5) is 5.13 Å². The fourth-order valence-electron chi connectivity index (χ4n) is 2.01. The van der Waals surface area contributed by atoms with Crippen LogP contribution < -0.4 is 5.32 Å². The molecule has 1 heterocycles. The molecule has 0 saturated carbocycles. The summed E-state index contributed by atoms with van der Waals surface area (Å²) in [7, 11) is 0. The number of hydrogen-bond acceptors (Lipinski definition) is 5. The van der Waals surface area contributed by atoms with E-state index in [9.17, 15) is 10.1 Å². The fourth-order valence-corrected chi connectivity index (χ4v) is 2.84. The number of anilines is 1. The number of nitriles is 1. The van der Waals surface area contributed by atoms with Crippen molar-refractivity contribution in [2.24, 2.45) is 0 Å². The van der Waals surface area contributed by atoms with Crippen LogP contribution in [0.15, 0.2) is 54.6 Å². The molecule has 0 fully saturated rings. The SMILES string of the molecule is N#C/C(=C/c1ccc(Cl)cc1)c1nnc(NC(=O)c2ccccc2)s1. The predicted octanol–water partition coefficient (Wildman–Crippen LogP) is 4.51. The molecular weight excluding hydrogens is 356 g/mol. The van der Waals surface area contributed by atoms with E-state index in [1.165, 1.54) is 0 Å². The van der Waals surface area contributed by atoms with Crippen LogP contribution in [0.3, 0.4) is 0 Å². The number of halogens is 1. The minimum Gasteiger partial charge on any atom is -0.296 e. The van der Waals surface area contributed by atoms with E-state index in [1.54, 1.807) is 54.6 Å². The Hall–Kier alpha value is -3.01. The summed E-state index contributed by atoms with van der Waals surface area (Å²) in [5, 5.41) is 21.4. The van der Waals surface area contributed by atoms with Gasteiger partial charge in [-0.15, -0.1) is 10.2 Å². The monoisotopic (exact) mass is 366 g/mol. The fraction of sp³-hybridized carbons (Fsp3) is 0. The van der Waals surface area contributed by atoms with Crippen LogP contribution in [-0.4, -0.2) is 16.1 Å². The molecule has 0 aliphatic heterocycles. The lowest BCUT2D eigenvalue weighted by molar-refractivity contribution is 0.102. The first-order chi connectivity index (χ1) is 12.2. The van der Waals surface area contributed by atoms with E-state index in [0.29, 0.717) is 26.3 Å². The van der Waals surface area contributed by atoms with Gasteiger partial charge in [-0.1, -0.05) is 53.3 Å². The zero-order valence-corrected chi connectivity index (χ0v) is 14.4. The van der Waals surface area contributed by atoms with Crippen LogP contribution in [0.25, 0.3) is 11.6 Å². The van der Waals surface area contributed by atoms with Gasteiger partial charge >= 0.3 is 0 Å². The zero-order valence-electron chi connectivity index (χ0n) is 12.8. The van der Waals surface area contributed by atoms with Crippen LogP contribution >= 0.6 is 22.9 Å². The van der Waals surface area contributed by atoms with Crippen LogP contribution in [-0.2, 0) is 0 Å². The molecule has 0 aliphatic carbocycles. The van der Waals surface area contributed by atoms with E-state index in [4.69, 9.17) is 11.6 Å². The summed E-state index contributed by atoms with van der Waals surface area (Å²) in [5.41, 5.74) is 1.71. The maximum absolute atomic E-state index is 12.1. The Balaban J connectivity index is 1.79. The third kappa shape index (κ3) is 4.29. The Morgan fingerprint density at radius 2 is 1.84 bits per heavy atom. The summed E-state index contributed by atoms with van der Waals surface area (Å²) in [4.78, 5) is 12.1. The van der Waals surface area contributed by atoms with Crippen molar-refractivity contribution in [3.8, 4) is 6.07 Å². The molecule has 2 aromatic carbocycles. The van der Waals surface area contributed by atoms with Gasteiger partial charge in [-0.05, 0) is 35.9 Å². The van der Waals surface area contributed by atoms with Gasteiger partial charge in [0.2, 0.25) is 5.13 Å². The minimum atomic E-state index is -0.275. The highest BCUT2D eigenvalue weighted by Gasteiger charge is 2.12. The van der Waals surface area contributed by atoms with E-state index in [2.05, 4.69) is 21.6 Å². The van der Waals surface area contributed by atoms with Gasteiger partial charge in [-0.25, -0.2) is 0 Å². The van der Waals surface area contributed by atoms with Gasteiger partial charge in [0.1, 0.15) is 6.07 Å². The molecule has 7 heteroatoms. The summed E-state index contributed by atoms with van der Waals surface area (Å²) in [6, 6.07) is 18.0. The molecule has 5 nitrogen and oxygen atoms in total. The summed E-state index contributed by atoms with van der Waals surface area (Å²) >= 11 is 7.00. The molecule has 0 saturated heterocycles. The first-order valence-electron chi connectivity index (χ1n) is 7.23. The molecule has 3 aromatic rings. The molecular formula is C18H11ClN4OS. The zero-order chi connectivity index (χ0) is 17.6. The van der Waals surface area contributed by atoms with Gasteiger partial charge in [-0.2, -0.15) is 5.26 Å². The van der Waals surface area contributed by atoms with Crippen LogP contribution in [0.1, 0.15) is 20.9 Å². The number of allylic oxidation sites excluding steroid dienone is 1. The van der Waals surface area contributed by atoms with Gasteiger partial charge in [0.15, 0.2) is 5.01 Å². The van der Waals surface area contributed by atoms with Crippen molar-refractivity contribution in [1.29, 1.82) is 5.26 Å².